The van der Waals surface area contributed by atoms with Crippen molar-refractivity contribution in [3.05, 3.63) is 94.8 Å². The Morgan fingerprint density at radius 3 is 2.38 bits per heavy atom. The summed E-state index contributed by atoms with van der Waals surface area (Å²) in [4.78, 5) is 19.3. The van der Waals surface area contributed by atoms with Gasteiger partial charge in [0.1, 0.15) is 5.82 Å². The van der Waals surface area contributed by atoms with Crippen LogP contribution in [0.2, 0.25) is 0 Å². The second-order valence-corrected chi connectivity index (χ2v) is 8.07. The number of aromatic amines is 1. The molecule has 0 saturated carbocycles. The van der Waals surface area contributed by atoms with Gasteiger partial charge in [0, 0.05) is 31.0 Å². The van der Waals surface area contributed by atoms with E-state index in [9.17, 15) is 14.3 Å². The molecule has 3 aromatic carbocycles. The van der Waals surface area contributed by atoms with Gasteiger partial charge in [-0.15, -0.1) is 0 Å². The number of halogens is 1. The third-order valence-electron chi connectivity index (χ3n) is 5.68. The van der Waals surface area contributed by atoms with Gasteiger partial charge in [-0.1, -0.05) is 36.4 Å². The lowest BCUT2D eigenvalue weighted by Gasteiger charge is -2.10. The van der Waals surface area contributed by atoms with E-state index in [1.807, 2.05) is 55.6 Å². The molecule has 0 saturated heterocycles. The molecule has 1 heterocycles. The second kappa shape index (κ2) is 10.3. The quantitative estimate of drug-likeness (QED) is 0.292. The monoisotopic (exact) mass is 458 g/mol. The van der Waals surface area contributed by atoms with Crippen LogP contribution in [0.25, 0.3) is 10.9 Å². The summed E-state index contributed by atoms with van der Waals surface area (Å²) in [7, 11) is 3.52. The molecule has 6 nitrogen and oxygen atoms in total. The molecule has 0 bridgehead atoms. The Morgan fingerprint density at radius 2 is 1.71 bits per heavy atom. The molecule has 0 radical (unpaired) electrons. The Labute approximate surface area is 197 Å². The number of nitrogens with one attached hydrogen (secondary N) is 3. The van der Waals surface area contributed by atoms with E-state index in [0.29, 0.717) is 35.0 Å². The Balaban J connectivity index is 1.78. The van der Waals surface area contributed by atoms with Crippen LogP contribution in [0, 0.1) is 5.82 Å². The maximum atomic E-state index is 13.8. The largest absolute Gasteiger partial charge is 0.494 e. The van der Waals surface area contributed by atoms with Gasteiger partial charge in [-0.05, 0) is 54.9 Å². The summed E-state index contributed by atoms with van der Waals surface area (Å²) < 4.78 is 13.8. The standard InChI is InChI=1S/C27H27FN4O2/c1-29-16-18-5-11-21(12-6-18)31-26(19-8-3-17(4-9-19)7-14-24(33)30-2)25-22-13-10-20(28)15-23(22)32-27(25)34/h3-6,8-13,15,29,32,34H,7,14,16H2,1-2H3,(H,30,33). The normalized spacial score (nSPS) is 11.7. The summed E-state index contributed by atoms with van der Waals surface area (Å²) in [5, 5.41) is 17.2. The number of benzene rings is 3. The number of H-pyrrole nitrogens is 1. The van der Waals surface area contributed by atoms with Crippen LogP contribution in [0.3, 0.4) is 0 Å². The van der Waals surface area contributed by atoms with Crippen molar-refractivity contribution >= 4 is 28.2 Å². The van der Waals surface area contributed by atoms with Crippen molar-refractivity contribution in [3.63, 3.8) is 0 Å². The number of fused-ring (bicyclic) bond motifs is 1. The molecule has 4 aromatic rings. The summed E-state index contributed by atoms with van der Waals surface area (Å²) in [6, 6.07) is 20.0. The molecule has 4 N–H and O–H groups in total. The van der Waals surface area contributed by atoms with Crippen LogP contribution in [0.4, 0.5) is 10.1 Å². The molecule has 0 unspecified atom stereocenters. The maximum Gasteiger partial charge on any atom is 0.220 e. The maximum absolute atomic E-state index is 13.8. The number of hydrogen-bond donors (Lipinski definition) is 4. The topological polar surface area (TPSA) is 89.5 Å². The van der Waals surface area contributed by atoms with Crippen molar-refractivity contribution in [2.24, 2.45) is 4.99 Å². The van der Waals surface area contributed by atoms with Crippen LogP contribution < -0.4 is 10.6 Å². The second-order valence-electron chi connectivity index (χ2n) is 8.07. The molecule has 0 aliphatic rings. The highest BCUT2D eigenvalue weighted by molar-refractivity contribution is 6.21. The molecule has 0 aliphatic heterocycles. The minimum Gasteiger partial charge on any atom is -0.494 e. The fourth-order valence-corrected chi connectivity index (χ4v) is 3.89. The van der Waals surface area contributed by atoms with Crippen molar-refractivity contribution in [2.75, 3.05) is 14.1 Å². The van der Waals surface area contributed by atoms with E-state index in [0.717, 1.165) is 28.9 Å². The van der Waals surface area contributed by atoms with E-state index >= 15 is 0 Å². The third-order valence-corrected chi connectivity index (χ3v) is 5.68. The fraction of sp³-hybridized carbons (Fsp3) is 0.185. The predicted molar refractivity (Wildman–Crippen MR) is 133 cm³/mol. The average molecular weight is 459 g/mol. The Kier molecular flexibility index (Phi) is 7.04. The van der Waals surface area contributed by atoms with Crippen LogP contribution in [0.15, 0.2) is 71.7 Å². The van der Waals surface area contributed by atoms with Gasteiger partial charge in [0.05, 0.1) is 22.5 Å². The molecular weight excluding hydrogens is 431 g/mol. The summed E-state index contributed by atoms with van der Waals surface area (Å²) in [6.45, 7) is 0.753. The smallest absolute Gasteiger partial charge is 0.220 e. The summed E-state index contributed by atoms with van der Waals surface area (Å²) >= 11 is 0. The lowest BCUT2D eigenvalue weighted by molar-refractivity contribution is -0.120. The number of carbonyl (C=O) groups is 1. The molecule has 0 fully saturated rings. The predicted octanol–water partition coefficient (Wildman–Crippen LogP) is 4.58. The zero-order valence-electron chi connectivity index (χ0n) is 19.2. The molecule has 1 amide bonds. The van der Waals surface area contributed by atoms with Crippen molar-refractivity contribution in [3.8, 4) is 5.88 Å². The van der Waals surface area contributed by atoms with Gasteiger partial charge in [-0.3, -0.25) is 4.79 Å². The van der Waals surface area contributed by atoms with Crippen LogP contribution in [0.5, 0.6) is 5.88 Å². The lowest BCUT2D eigenvalue weighted by atomic mass is 9.98. The Morgan fingerprint density at radius 1 is 1.00 bits per heavy atom. The number of rotatable bonds is 8. The number of aryl methyl sites for hydroxylation is 1. The number of aromatic nitrogens is 1. The SMILES string of the molecule is CNCc1ccc(N=C(c2ccc(CCC(=O)NC)cc2)c2c(O)[nH]c3cc(F)ccc23)cc1. The minimum atomic E-state index is -0.389. The van der Waals surface area contributed by atoms with Gasteiger partial charge in [0.25, 0.3) is 0 Å². The fourth-order valence-electron chi connectivity index (χ4n) is 3.89. The van der Waals surface area contributed by atoms with E-state index in [2.05, 4.69) is 15.6 Å². The molecule has 0 aliphatic carbocycles. The van der Waals surface area contributed by atoms with Gasteiger partial charge in [-0.2, -0.15) is 0 Å². The highest BCUT2D eigenvalue weighted by Gasteiger charge is 2.19. The zero-order chi connectivity index (χ0) is 24.1. The van der Waals surface area contributed by atoms with Crippen molar-refractivity contribution in [1.82, 2.24) is 15.6 Å². The molecule has 4 rings (SSSR count). The van der Waals surface area contributed by atoms with E-state index < -0.39 is 0 Å². The minimum absolute atomic E-state index is 0.0102. The summed E-state index contributed by atoms with van der Waals surface area (Å²) in [5.41, 5.74) is 5.24. The zero-order valence-corrected chi connectivity index (χ0v) is 19.2. The average Bonchev–Trinajstić information content (AvgIpc) is 3.17. The summed E-state index contributed by atoms with van der Waals surface area (Å²) in [5.74, 6) is -0.474. The Hall–Kier alpha value is -3.97. The molecule has 7 heteroatoms. The van der Waals surface area contributed by atoms with E-state index in [-0.39, 0.29) is 17.6 Å². The number of carbonyl (C=O) groups excluding carboxylic acids is 1. The molecule has 34 heavy (non-hydrogen) atoms. The first kappa shape index (κ1) is 23.2. The molecule has 174 valence electrons. The first-order valence-electron chi connectivity index (χ1n) is 11.1. The number of amides is 1. The van der Waals surface area contributed by atoms with Gasteiger partial charge in [0.15, 0.2) is 5.88 Å². The number of nitrogens with zero attached hydrogens (tertiary/aromatic N) is 1. The van der Waals surface area contributed by atoms with Gasteiger partial charge < -0.3 is 20.7 Å². The first-order chi connectivity index (χ1) is 16.5. The molecule has 1 aromatic heterocycles. The van der Waals surface area contributed by atoms with Crippen LogP contribution in [-0.2, 0) is 17.8 Å². The Bertz CT molecular complexity index is 1330. The van der Waals surface area contributed by atoms with Gasteiger partial charge in [0.2, 0.25) is 5.91 Å². The van der Waals surface area contributed by atoms with Crippen LogP contribution in [0.1, 0.15) is 28.7 Å². The first-order valence-corrected chi connectivity index (χ1v) is 11.1. The molecular formula is C27H27FN4O2. The van der Waals surface area contributed by atoms with Crippen LogP contribution >= 0.6 is 0 Å². The molecule has 0 spiro atoms. The van der Waals surface area contributed by atoms with Gasteiger partial charge >= 0.3 is 0 Å². The summed E-state index contributed by atoms with van der Waals surface area (Å²) in [6.07, 6.45) is 1.03. The van der Waals surface area contributed by atoms with E-state index in [1.165, 1.54) is 12.1 Å². The van der Waals surface area contributed by atoms with Crippen LogP contribution in [-0.4, -0.2) is 35.8 Å². The van der Waals surface area contributed by atoms with Gasteiger partial charge in [-0.25, -0.2) is 9.38 Å². The van der Waals surface area contributed by atoms with E-state index in [1.54, 1.807) is 13.1 Å². The van der Waals surface area contributed by atoms with Crippen molar-refractivity contribution in [2.45, 2.75) is 19.4 Å². The number of aromatic hydroxyl groups is 1. The number of hydrogen-bond acceptors (Lipinski definition) is 4. The highest BCUT2D eigenvalue weighted by Crippen LogP contribution is 2.32. The number of aliphatic imine (C=N–C) groups is 1. The lowest BCUT2D eigenvalue weighted by Crippen LogP contribution is -2.17. The van der Waals surface area contributed by atoms with E-state index in [4.69, 9.17) is 4.99 Å². The highest BCUT2D eigenvalue weighted by atomic mass is 19.1. The third kappa shape index (κ3) is 5.15. The molecule has 0 atom stereocenters. The van der Waals surface area contributed by atoms with Crippen molar-refractivity contribution < 1.29 is 14.3 Å². The van der Waals surface area contributed by atoms with Crippen molar-refractivity contribution in [1.29, 1.82) is 0 Å².